The summed E-state index contributed by atoms with van der Waals surface area (Å²) < 4.78 is 1.78. The molecule has 0 bridgehead atoms. The Balaban J connectivity index is 0.000000181. The molecule has 0 aliphatic carbocycles. The SMILES string of the molecule is C=Cc1ccc(C=C)cc1.C=Cn1ccnc1. The van der Waals surface area contributed by atoms with Crippen LogP contribution in [0.15, 0.2) is 62.7 Å². The number of benzene rings is 1. The summed E-state index contributed by atoms with van der Waals surface area (Å²) >= 11 is 0. The summed E-state index contributed by atoms with van der Waals surface area (Å²) in [4.78, 5) is 3.78. The largest absolute Gasteiger partial charge is 0.314 e. The minimum atomic E-state index is 1.14. The van der Waals surface area contributed by atoms with E-state index >= 15 is 0 Å². The summed E-state index contributed by atoms with van der Waals surface area (Å²) in [6.45, 7) is 10.8. The van der Waals surface area contributed by atoms with E-state index in [4.69, 9.17) is 0 Å². The molecule has 2 rings (SSSR count). The van der Waals surface area contributed by atoms with Gasteiger partial charge in [-0.05, 0) is 11.1 Å². The minimum absolute atomic E-state index is 1.14. The third-order valence-corrected chi connectivity index (χ3v) is 2.14. The molecule has 0 amide bonds. The van der Waals surface area contributed by atoms with E-state index in [1.165, 1.54) is 0 Å². The Bertz CT molecular complexity index is 437. The van der Waals surface area contributed by atoms with E-state index in [0.717, 1.165) is 11.1 Å². The zero-order chi connectivity index (χ0) is 12.5. The molecular weight excluding hydrogens is 208 g/mol. The summed E-state index contributed by atoms with van der Waals surface area (Å²) in [6, 6.07) is 8.07. The molecular formula is C15H16N2. The average molecular weight is 224 g/mol. The summed E-state index contributed by atoms with van der Waals surface area (Å²) in [7, 11) is 0. The van der Waals surface area contributed by atoms with Crippen LogP contribution in [-0.2, 0) is 0 Å². The maximum absolute atomic E-state index is 3.78. The number of aromatic nitrogens is 2. The van der Waals surface area contributed by atoms with Crippen LogP contribution in [0.25, 0.3) is 18.4 Å². The van der Waals surface area contributed by atoms with E-state index in [1.54, 1.807) is 23.3 Å². The van der Waals surface area contributed by atoms with Crippen LogP contribution in [0.5, 0.6) is 0 Å². The molecule has 86 valence electrons. The smallest absolute Gasteiger partial charge is 0.0986 e. The van der Waals surface area contributed by atoms with Gasteiger partial charge >= 0.3 is 0 Å². The van der Waals surface area contributed by atoms with Gasteiger partial charge in [0.25, 0.3) is 0 Å². The Morgan fingerprint density at radius 1 is 0.941 bits per heavy atom. The lowest BCUT2D eigenvalue weighted by Gasteiger charge is -1.92. The first kappa shape index (κ1) is 12.7. The molecule has 2 aromatic rings. The summed E-state index contributed by atoms with van der Waals surface area (Å²) in [5.41, 5.74) is 2.29. The number of hydrogen-bond acceptors (Lipinski definition) is 1. The van der Waals surface area contributed by atoms with Crippen LogP contribution in [-0.4, -0.2) is 9.55 Å². The fourth-order valence-electron chi connectivity index (χ4n) is 1.15. The van der Waals surface area contributed by atoms with Gasteiger partial charge in [-0.1, -0.05) is 56.2 Å². The van der Waals surface area contributed by atoms with Gasteiger partial charge in [-0.15, -0.1) is 0 Å². The molecule has 0 aliphatic heterocycles. The topological polar surface area (TPSA) is 17.8 Å². The van der Waals surface area contributed by atoms with E-state index in [9.17, 15) is 0 Å². The monoisotopic (exact) mass is 224 g/mol. The van der Waals surface area contributed by atoms with Crippen molar-refractivity contribution in [1.29, 1.82) is 0 Å². The van der Waals surface area contributed by atoms with Crippen LogP contribution in [0, 0.1) is 0 Å². The highest BCUT2D eigenvalue weighted by Gasteiger charge is 1.84. The zero-order valence-electron chi connectivity index (χ0n) is 9.79. The molecule has 17 heavy (non-hydrogen) atoms. The molecule has 0 unspecified atom stereocenters. The van der Waals surface area contributed by atoms with Crippen LogP contribution >= 0.6 is 0 Å². The van der Waals surface area contributed by atoms with Gasteiger partial charge in [0.1, 0.15) is 0 Å². The molecule has 0 fully saturated rings. The molecule has 2 heteroatoms. The van der Waals surface area contributed by atoms with Crippen molar-refractivity contribution in [2.75, 3.05) is 0 Å². The fraction of sp³-hybridized carbons (Fsp3) is 0. The highest BCUT2D eigenvalue weighted by Crippen LogP contribution is 2.05. The molecule has 0 radical (unpaired) electrons. The highest BCUT2D eigenvalue weighted by molar-refractivity contribution is 5.53. The van der Waals surface area contributed by atoms with Gasteiger partial charge in [0.05, 0.1) is 6.33 Å². The van der Waals surface area contributed by atoms with Gasteiger partial charge < -0.3 is 4.57 Å². The molecule has 1 heterocycles. The standard InChI is InChI=1S/C10H10.C5H6N2/c1-3-9-5-7-10(4-2)8-6-9;1-2-7-4-3-6-5-7/h3-8H,1-2H2;2-5H,1H2. The van der Waals surface area contributed by atoms with Crippen molar-refractivity contribution in [3.63, 3.8) is 0 Å². The Labute approximate surface area is 102 Å². The summed E-state index contributed by atoms with van der Waals surface area (Å²) in [6.07, 6.45) is 10.6. The Morgan fingerprint density at radius 3 is 1.71 bits per heavy atom. The van der Waals surface area contributed by atoms with Crippen molar-refractivity contribution in [2.24, 2.45) is 0 Å². The van der Waals surface area contributed by atoms with Gasteiger partial charge in [-0.25, -0.2) is 4.98 Å². The molecule has 1 aromatic heterocycles. The van der Waals surface area contributed by atoms with E-state index in [0.29, 0.717) is 0 Å². The van der Waals surface area contributed by atoms with Crippen molar-refractivity contribution in [3.8, 4) is 0 Å². The van der Waals surface area contributed by atoms with Crippen molar-refractivity contribution in [3.05, 3.63) is 73.9 Å². The van der Waals surface area contributed by atoms with Crippen molar-refractivity contribution in [2.45, 2.75) is 0 Å². The molecule has 0 atom stereocenters. The summed E-state index contributed by atoms with van der Waals surface area (Å²) in [5, 5.41) is 0. The Morgan fingerprint density at radius 2 is 1.47 bits per heavy atom. The number of rotatable bonds is 3. The lowest BCUT2D eigenvalue weighted by molar-refractivity contribution is 1.14. The Kier molecular flexibility index (Phi) is 5.25. The highest BCUT2D eigenvalue weighted by atomic mass is 15.0. The molecule has 0 saturated heterocycles. The fourth-order valence-corrected chi connectivity index (χ4v) is 1.15. The van der Waals surface area contributed by atoms with E-state index < -0.39 is 0 Å². The van der Waals surface area contributed by atoms with Gasteiger partial charge in [0, 0.05) is 18.6 Å². The molecule has 0 N–H and O–H groups in total. The quantitative estimate of drug-likeness (QED) is 0.771. The van der Waals surface area contributed by atoms with Crippen LogP contribution in [0.3, 0.4) is 0 Å². The maximum atomic E-state index is 3.78. The van der Waals surface area contributed by atoms with Crippen LogP contribution in [0.2, 0.25) is 0 Å². The third kappa shape index (κ3) is 4.34. The van der Waals surface area contributed by atoms with Crippen LogP contribution in [0.1, 0.15) is 11.1 Å². The zero-order valence-corrected chi connectivity index (χ0v) is 9.79. The number of nitrogens with zero attached hydrogens (tertiary/aromatic N) is 2. The Hall–Kier alpha value is -2.35. The number of hydrogen-bond donors (Lipinski definition) is 0. The first-order chi connectivity index (χ1) is 8.30. The van der Waals surface area contributed by atoms with Crippen molar-refractivity contribution < 1.29 is 0 Å². The van der Waals surface area contributed by atoms with Crippen molar-refractivity contribution >= 4 is 18.4 Å². The predicted octanol–water partition coefficient (Wildman–Crippen LogP) is 3.96. The molecule has 0 spiro atoms. The minimum Gasteiger partial charge on any atom is -0.314 e. The maximum Gasteiger partial charge on any atom is 0.0986 e. The predicted molar refractivity (Wildman–Crippen MR) is 75.2 cm³/mol. The molecule has 0 saturated carbocycles. The normalized spacial score (nSPS) is 8.71. The second-order valence-corrected chi connectivity index (χ2v) is 3.27. The van der Waals surface area contributed by atoms with E-state index in [-0.39, 0.29) is 0 Å². The first-order valence-electron chi connectivity index (χ1n) is 5.25. The van der Waals surface area contributed by atoms with E-state index in [2.05, 4.69) is 24.7 Å². The second kappa shape index (κ2) is 7.01. The van der Waals surface area contributed by atoms with Gasteiger partial charge in [-0.2, -0.15) is 0 Å². The van der Waals surface area contributed by atoms with E-state index in [1.807, 2.05) is 42.6 Å². The van der Waals surface area contributed by atoms with Gasteiger partial charge in [0.2, 0.25) is 0 Å². The average Bonchev–Trinajstić information content (AvgIpc) is 2.93. The lowest BCUT2D eigenvalue weighted by Crippen LogP contribution is -1.73. The van der Waals surface area contributed by atoms with Gasteiger partial charge in [0.15, 0.2) is 0 Å². The molecule has 2 nitrogen and oxygen atoms in total. The first-order valence-corrected chi connectivity index (χ1v) is 5.25. The second-order valence-electron chi connectivity index (χ2n) is 3.27. The van der Waals surface area contributed by atoms with Crippen LogP contribution in [0.4, 0.5) is 0 Å². The number of imidazole rings is 1. The molecule has 1 aromatic carbocycles. The summed E-state index contributed by atoms with van der Waals surface area (Å²) in [5.74, 6) is 0. The lowest BCUT2D eigenvalue weighted by atomic mass is 10.1. The van der Waals surface area contributed by atoms with Crippen LogP contribution < -0.4 is 0 Å². The van der Waals surface area contributed by atoms with Crippen molar-refractivity contribution in [1.82, 2.24) is 9.55 Å². The molecule has 0 aliphatic rings. The van der Waals surface area contributed by atoms with Gasteiger partial charge in [-0.3, -0.25) is 0 Å². The third-order valence-electron chi connectivity index (χ3n) is 2.14.